The summed E-state index contributed by atoms with van der Waals surface area (Å²) in [6, 6.07) is 14.9. The van der Waals surface area contributed by atoms with Gasteiger partial charge in [0.1, 0.15) is 11.4 Å². The van der Waals surface area contributed by atoms with Crippen LogP contribution in [0.2, 0.25) is 0 Å². The first kappa shape index (κ1) is 14.0. The topological polar surface area (TPSA) is 50.7 Å². The zero-order valence-corrected chi connectivity index (χ0v) is 10.6. The Bertz CT molecular complexity index is 518. The third-order valence-corrected chi connectivity index (χ3v) is 2.34. The number of nitrogens with zero attached hydrogens (tertiary/aromatic N) is 1. The molecule has 0 amide bonds. The quantitative estimate of drug-likeness (QED) is 0.840. The van der Waals surface area contributed by atoms with Crippen LogP contribution in [0.3, 0.4) is 0 Å². The van der Waals surface area contributed by atoms with Gasteiger partial charge in [-0.2, -0.15) is 0 Å². The first-order valence-electron chi connectivity index (χ1n) is 5.17. The normalized spacial score (nSPS) is 9.17. The lowest BCUT2D eigenvalue weighted by Gasteiger charge is -2.08. The van der Waals surface area contributed by atoms with Gasteiger partial charge in [0.05, 0.1) is 7.11 Å². The molecule has 0 saturated carbocycles. The minimum Gasteiger partial charge on any atom is -0.494 e. The Morgan fingerprint density at radius 1 is 1.06 bits per heavy atom. The Morgan fingerprint density at radius 2 is 1.78 bits per heavy atom. The van der Waals surface area contributed by atoms with Crippen molar-refractivity contribution in [2.45, 2.75) is 0 Å². The van der Waals surface area contributed by atoms with Crippen LogP contribution < -0.4 is 10.1 Å². The van der Waals surface area contributed by atoms with Gasteiger partial charge in [-0.3, -0.25) is 0 Å². The summed E-state index contributed by atoms with van der Waals surface area (Å²) in [5.74, 6) is 0.459. The Hall–Kier alpha value is -2.07. The van der Waals surface area contributed by atoms with E-state index in [1.807, 2.05) is 30.3 Å². The first-order valence-corrected chi connectivity index (χ1v) is 5.17. The fraction of sp³-hybridized carbons (Fsp3) is 0.0769. The van der Waals surface area contributed by atoms with Crippen LogP contribution in [0.5, 0.6) is 5.75 Å². The van der Waals surface area contributed by atoms with Gasteiger partial charge < -0.3 is 10.1 Å². The highest BCUT2D eigenvalue weighted by Crippen LogP contribution is 2.31. The molecule has 2 aromatic rings. The fourth-order valence-corrected chi connectivity index (χ4v) is 1.52. The molecule has 2 aromatic carbocycles. The highest BCUT2D eigenvalue weighted by atomic mass is 35.5. The second-order valence-corrected chi connectivity index (χ2v) is 3.47. The van der Waals surface area contributed by atoms with Crippen molar-refractivity contribution in [2.75, 3.05) is 12.4 Å². The van der Waals surface area contributed by atoms with Crippen LogP contribution in [0.4, 0.5) is 17.1 Å². The van der Waals surface area contributed by atoms with E-state index in [1.165, 1.54) is 7.11 Å². The second kappa shape index (κ2) is 6.61. The molecule has 0 bridgehead atoms. The van der Waals surface area contributed by atoms with Gasteiger partial charge in [-0.15, -0.1) is 17.3 Å². The Morgan fingerprint density at radius 3 is 2.39 bits per heavy atom. The monoisotopic (exact) mass is 264 g/mol. The zero-order chi connectivity index (χ0) is 12.1. The maximum absolute atomic E-state index is 10.5. The number of anilines is 2. The molecule has 0 radical (unpaired) electrons. The third kappa shape index (κ3) is 3.21. The van der Waals surface area contributed by atoms with Crippen molar-refractivity contribution in [3.05, 3.63) is 53.4 Å². The lowest BCUT2D eigenvalue weighted by Crippen LogP contribution is -1.91. The molecule has 0 aliphatic heterocycles. The van der Waals surface area contributed by atoms with Gasteiger partial charge in [-0.1, -0.05) is 18.2 Å². The number of halogens is 1. The SMILES string of the molecule is COc1cc(Nc2ccccc2)ccc1N=O.Cl. The minimum absolute atomic E-state index is 0. The van der Waals surface area contributed by atoms with E-state index in [0.717, 1.165) is 11.4 Å². The smallest absolute Gasteiger partial charge is 0.150 e. The number of para-hydroxylation sites is 1. The van der Waals surface area contributed by atoms with Crippen molar-refractivity contribution in [3.63, 3.8) is 0 Å². The summed E-state index contributed by atoms with van der Waals surface area (Å²) in [4.78, 5) is 10.5. The van der Waals surface area contributed by atoms with Crippen LogP contribution in [0.15, 0.2) is 53.7 Å². The van der Waals surface area contributed by atoms with Crippen LogP contribution in [-0.4, -0.2) is 7.11 Å². The van der Waals surface area contributed by atoms with Crippen molar-refractivity contribution < 1.29 is 4.74 Å². The predicted molar refractivity (Wildman–Crippen MR) is 75.4 cm³/mol. The second-order valence-electron chi connectivity index (χ2n) is 3.47. The molecule has 2 rings (SSSR count). The highest BCUT2D eigenvalue weighted by Gasteiger charge is 2.04. The summed E-state index contributed by atoms with van der Waals surface area (Å²) in [6.45, 7) is 0. The molecule has 18 heavy (non-hydrogen) atoms. The number of hydrogen-bond donors (Lipinski definition) is 1. The Labute approximate surface area is 111 Å². The summed E-state index contributed by atoms with van der Waals surface area (Å²) in [5, 5.41) is 6.09. The molecule has 0 fully saturated rings. The van der Waals surface area contributed by atoms with Crippen LogP contribution in [-0.2, 0) is 0 Å². The minimum atomic E-state index is 0. The van der Waals surface area contributed by atoms with Gasteiger partial charge in [-0.05, 0) is 29.4 Å². The summed E-state index contributed by atoms with van der Waals surface area (Å²) in [6.07, 6.45) is 0. The molecule has 0 aliphatic rings. The van der Waals surface area contributed by atoms with Gasteiger partial charge in [0.25, 0.3) is 0 Å². The van der Waals surface area contributed by atoms with Gasteiger partial charge in [-0.25, -0.2) is 0 Å². The number of nitrogens with one attached hydrogen (secondary N) is 1. The lowest BCUT2D eigenvalue weighted by molar-refractivity contribution is 0.416. The van der Waals surface area contributed by atoms with Crippen molar-refractivity contribution in [2.24, 2.45) is 5.18 Å². The van der Waals surface area contributed by atoms with Crippen molar-refractivity contribution in [3.8, 4) is 5.75 Å². The average Bonchev–Trinajstić information content (AvgIpc) is 2.40. The molecule has 1 N–H and O–H groups in total. The summed E-state index contributed by atoms with van der Waals surface area (Å²) < 4.78 is 5.08. The molecule has 0 aromatic heterocycles. The van der Waals surface area contributed by atoms with E-state index in [0.29, 0.717) is 11.4 Å². The predicted octanol–water partition coefficient (Wildman–Crippen LogP) is 4.26. The summed E-state index contributed by atoms with van der Waals surface area (Å²) in [7, 11) is 1.51. The standard InChI is InChI=1S/C13H12N2O2.ClH/c1-17-13-9-11(7-8-12(13)15-16)14-10-5-3-2-4-6-10;/h2-9,14H,1H3;1H. The molecular formula is C13H13ClN2O2. The van der Waals surface area contributed by atoms with Gasteiger partial charge in [0, 0.05) is 17.4 Å². The number of rotatable bonds is 4. The molecular weight excluding hydrogens is 252 g/mol. The number of benzene rings is 2. The average molecular weight is 265 g/mol. The molecule has 0 spiro atoms. The van der Waals surface area contributed by atoms with Crippen LogP contribution in [0.25, 0.3) is 0 Å². The van der Waals surface area contributed by atoms with Gasteiger partial charge >= 0.3 is 0 Å². The molecule has 0 unspecified atom stereocenters. The first-order chi connectivity index (χ1) is 8.33. The largest absolute Gasteiger partial charge is 0.494 e. The maximum atomic E-state index is 10.5. The molecule has 94 valence electrons. The third-order valence-electron chi connectivity index (χ3n) is 2.34. The van der Waals surface area contributed by atoms with Crippen molar-refractivity contribution in [1.82, 2.24) is 0 Å². The lowest BCUT2D eigenvalue weighted by atomic mass is 10.2. The van der Waals surface area contributed by atoms with E-state index in [-0.39, 0.29) is 12.4 Å². The van der Waals surface area contributed by atoms with Crippen molar-refractivity contribution in [1.29, 1.82) is 0 Å². The molecule has 5 heteroatoms. The van der Waals surface area contributed by atoms with E-state index in [4.69, 9.17) is 4.74 Å². The van der Waals surface area contributed by atoms with Crippen LogP contribution in [0, 0.1) is 4.91 Å². The number of methoxy groups -OCH3 is 1. The van der Waals surface area contributed by atoms with E-state index in [1.54, 1.807) is 18.2 Å². The van der Waals surface area contributed by atoms with E-state index >= 15 is 0 Å². The molecule has 4 nitrogen and oxygen atoms in total. The summed E-state index contributed by atoms with van der Waals surface area (Å²) >= 11 is 0. The molecule has 0 atom stereocenters. The number of nitroso groups, excluding NO2 is 1. The van der Waals surface area contributed by atoms with E-state index in [2.05, 4.69) is 10.5 Å². The van der Waals surface area contributed by atoms with Crippen molar-refractivity contribution >= 4 is 29.5 Å². The Balaban J connectivity index is 0.00000162. The fourth-order valence-electron chi connectivity index (χ4n) is 1.52. The molecule has 0 aliphatic carbocycles. The zero-order valence-electron chi connectivity index (χ0n) is 9.79. The van der Waals surface area contributed by atoms with Gasteiger partial charge in [0.15, 0.2) is 0 Å². The van der Waals surface area contributed by atoms with E-state index in [9.17, 15) is 4.91 Å². The maximum Gasteiger partial charge on any atom is 0.150 e. The molecule has 0 heterocycles. The highest BCUT2D eigenvalue weighted by molar-refractivity contribution is 5.85. The van der Waals surface area contributed by atoms with Gasteiger partial charge in [0.2, 0.25) is 0 Å². The number of ether oxygens (including phenoxy) is 1. The Kier molecular flexibility index (Phi) is 5.14. The number of hydrogen-bond acceptors (Lipinski definition) is 4. The van der Waals surface area contributed by atoms with Crippen LogP contribution in [0.1, 0.15) is 0 Å². The molecule has 0 saturated heterocycles. The van der Waals surface area contributed by atoms with E-state index < -0.39 is 0 Å². The van der Waals surface area contributed by atoms with Crippen LogP contribution >= 0.6 is 12.4 Å². The summed E-state index contributed by atoms with van der Waals surface area (Å²) in [5.41, 5.74) is 2.12.